The Morgan fingerprint density at radius 1 is 1.36 bits per heavy atom. The van der Waals surface area contributed by atoms with E-state index in [1.807, 2.05) is 0 Å². The van der Waals surface area contributed by atoms with Gasteiger partial charge in [0.2, 0.25) is 5.82 Å². The second-order valence-electron chi connectivity index (χ2n) is 6.01. The summed E-state index contributed by atoms with van der Waals surface area (Å²) >= 11 is 12.4. The summed E-state index contributed by atoms with van der Waals surface area (Å²) in [6.07, 6.45) is 1.79. The van der Waals surface area contributed by atoms with E-state index in [0.29, 0.717) is 27.6 Å². The number of piperidine rings is 1. The first kappa shape index (κ1) is 20.0. The molecule has 1 saturated heterocycles. The van der Waals surface area contributed by atoms with Gasteiger partial charge in [0.15, 0.2) is 0 Å². The standard InChI is InChI=1S/C16H19Cl2N5O.ClH/c1-9-8-11(6-7-19-9)21-16(24)15-20-10(2)23(22-15)14-12(17)4-3-5-13(14)18;/h3-5,9,11,19H,6-8H2,1-2H3,(H,21,24);1H. The summed E-state index contributed by atoms with van der Waals surface area (Å²) < 4.78 is 1.50. The molecule has 1 fully saturated rings. The zero-order valence-corrected chi connectivity index (χ0v) is 16.3. The SMILES string of the molecule is Cc1nc(C(=O)NC2CCNC(C)C2)nn1-c1c(Cl)cccc1Cl.Cl. The molecular formula is C16H20Cl3N5O. The van der Waals surface area contributed by atoms with Gasteiger partial charge in [-0.3, -0.25) is 4.79 Å². The fourth-order valence-electron chi connectivity index (χ4n) is 2.90. The van der Waals surface area contributed by atoms with Crippen LogP contribution in [0.15, 0.2) is 18.2 Å². The zero-order chi connectivity index (χ0) is 17.3. The van der Waals surface area contributed by atoms with Crippen molar-refractivity contribution in [2.75, 3.05) is 6.54 Å². The van der Waals surface area contributed by atoms with Crippen LogP contribution in [-0.4, -0.2) is 39.3 Å². The lowest BCUT2D eigenvalue weighted by molar-refractivity contribution is 0.0915. The van der Waals surface area contributed by atoms with Crippen molar-refractivity contribution < 1.29 is 4.79 Å². The van der Waals surface area contributed by atoms with Gasteiger partial charge in [0.1, 0.15) is 11.5 Å². The molecule has 1 amide bonds. The molecule has 2 heterocycles. The molecule has 136 valence electrons. The average molecular weight is 405 g/mol. The second kappa shape index (κ2) is 8.36. The van der Waals surface area contributed by atoms with Crippen LogP contribution >= 0.6 is 35.6 Å². The molecule has 2 atom stereocenters. The van der Waals surface area contributed by atoms with Crippen LogP contribution in [0.25, 0.3) is 5.69 Å². The number of amides is 1. The quantitative estimate of drug-likeness (QED) is 0.824. The second-order valence-corrected chi connectivity index (χ2v) is 6.83. The van der Waals surface area contributed by atoms with Gasteiger partial charge in [0.25, 0.3) is 5.91 Å². The fraction of sp³-hybridized carbons (Fsp3) is 0.438. The van der Waals surface area contributed by atoms with Crippen LogP contribution < -0.4 is 10.6 Å². The topological polar surface area (TPSA) is 71.8 Å². The summed E-state index contributed by atoms with van der Waals surface area (Å²) in [4.78, 5) is 16.7. The lowest BCUT2D eigenvalue weighted by atomic mass is 10.0. The minimum atomic E-state index is -0.279. The summed E-state index contributed by atoms with van der Waals surface area (Å²) in [7, 11) is 0. The van der Waals surface area contributed by atoms with Gasteiger partial charge in [-0.25, -0.2) is 9.67 Å². The lowest BCUT2D eigenvalue weighted by Crippen LogP contribution is -2.46. The Morgan fingerprint density at radius 3 is 2.68 bits per heavy atom. The van der Waals surface area contributed by atoms with Crippen LogP contribution in [0.2, 0.25) is 10.0 Å². The highest BCUT2D eigenvalue weighted by Crippen LogP contribution is 2.28. The first-order valence-electron chi connectivity index (χ1n) is 7.88. The smallest absolute Gasteiger partial charge is 0.291 e. The first-order chi connectivity index (χ1) is 11.5. The van der Waals surface area contributed by atoms with Gasteiger partial charge in [0.05, 0.1) is 10.0 Å². The highest BCUT2D eigenvalue weighted by molar-refractivity contribution is 6.37. The van der Waals surface area contributed by atoms with Crippen molar-refractivity contribution in [1.82, 2.24) is 25.4 Å². The van der Waals surface area contributed by atoms with Crippen molar-refractivity contribution >= 4 is 41.5 Å². The predicted molar refractivity (Wildman–Crippen MR) is 101 cm³/mol. The van der Waals surface area contributed by atoms with E-state index in [2.05, 4.69) is 27.6 Å². The third kappa shape index (κ3) is 4.44. The van der Waals surface area contributed by atoms with Gasteiger partial charge < -0.3 is 10.6 Å². The number of hydrogen-bond donors (Lipinski definition) is 2. The number of rotatable bonds is 3. The maximum absolute atomic E-state index is 12.5. The molecule has 0 spiro atoms. The minimum Gasteiger partial charge on any atom is -0.346 e. The maximum atomic E-state index is 12.5. The number of carbonyl (C=O) groups is 1. The van der Waals surface area contributed by atoms with E-state index in [4.69, 9.17) is 23.2 Å². The van der Waals surface area contributed by atoms with E-state index in [9.17, 15) is 4.79 Å². The molecule has 2 N–H and O–H groups in total. The predicted octanol–water partition coefficient (Wildman–Crippen LogP) is 3.17. The molecular weight excluding hydrogens is 385 g/mol. The summed E-state index contributed by atoms with van der Waals surface area (Å²) in [5.41, 5.74) is 0.528. The summed E-state index contributed by atoms with van der Waals surface area (Å²) in [6.45, 7) is 4.76. The molecule has 1 aromatic heterocycles. The monoisotopic (exact) mass is 403 g/mol. The van der Waals surface area contributed by atoms with Crippen LogP contribution in [0.5, 0.6) is 0 Å². The molecule has 0 bridgehead atoms. The Bertz CT molecular complexity index is 744. The van der Waals surface area contributed by atoms with E-state index >= 15 is 0 Å². The number of halogens is 3. The highest BCUT2D eigenvalue weighted by Gasteiger charge is 2.23. The summed E-state index contributed by atoms with van der Waals surface area (Å²) in [5, 5.41) is 11.6. The van der Waals surface area contributed by atoms with Crippen LogP contribution in [0.1, 0.15) is 36.2 Å². The van der Waals surface area contributed by atoms with E-state index in [1.54, 1.807) is 25.1 Å². The van der Waals surface area contributed by atoms with Gasteiger partial charge in [-0.05, 0) is 45.4 Å². The number of nitrogens with zero attached hydrogens (tertiary/aromatic N) is 3. The normalized spacial score (nSPS) is 20.0. The number of para-hydroxylation sites is 1. The Morgan fingerprint density at radius 2 is 2.04 bits per heavy atom. The van der Waals surface area contributed by atoms with Crippen molar-refractivity contribution in [3.8, 4) is 5.69 Å². The van der Waals surface area contributed by atoms with Gasteiger partial charge in [-0.1, -0.05) is 29.3 Å². The largest absolute Gasteiger partial charge is 0.346 e. The summed E-state index contributed by atoms with van der Waals surface area (Å²) in [6, 6.07) is 5.72. The van der Waals surface area contributed by atoms with Crippen molar-refractivity contribution in [1.29, 1.82) is 0 Å². The molecule has 6 nitrogen and oxygen atoms in total. The third-order valence-corrected chi connectivity index (χ3v) is 4.69. The van der Waals surface area contributed by atoms with Gasteiger partial charge in [-0.15, -0.1) is 17.5 Å². The first-order valence-corrected chi connectivity index (χ1v) is 8.63. The van der Waals surface area contributed by atoms with E-state index in [-0.39, 0.29) is 30.2 Å². The Hall–Kier alpha value is -1.34. The van der Waals surface area contributed by atoms with Crippen molar-refractivity contribution in [3.63, 3.8) is 0 Å². The number of hydrogen-bond acceptors (Lipinski definition) is 4. The van der Waals surface area contributed by atoms with Crippen LogP contribution in [-0.2, 0) is 0 Å². The molecule has 2 aromatic rings. The Balaban J connectivity index is 0.00000225. The van der Waals surface area contributed by atoms with Crippen molar-refractivity contribution in [2.45, 2.75) is 38.8 Å². The van der Waals surface area contributed by atoms with Crippen LogP contribution in [0.3, 0.4) is 0 Å². The molecule has 1 aliphatic rings. The zero-order valence-electron chi connectivity index (χ0n) is 13.9. The average Bonchev–Trinajstić information content (AvgIpc) is 2.89. The number of benzene rings is 1. The van der Waals surface area contributed by atoms with Gasteiger partial charge >= 0.3 is 0 Å². The lowest BCUT2D eigenvalue weighted by Gasteiger charge is -2.28. The van der Waals surface area contributed by atoms with Crippen LogP contribution in [0.4, 0.5) is 0 Å². The van der Waals surface area contributed by atoms with Crippen molar-refractivity contribution in [2.24, 2.45) is 0 Å². The minimum absolute atomic E-state index is 0. The van der Waals surface area contributed by atoms with Gasteiger partial charge in [0, 0.05) is 12.1 Å². The molecule has 3 rings (SSSR count). The van der Waals surface area contributed by atoms with Gasteiger partial charge in [-0.2, -0.15) is 0 Å². The van der Waals surface area contributed by atoms with Crippen molar-refractivity contribution in [3.05, 3.63) is 39.9 Å². The molecule has 25 heavy (non-hydrogen) atoms. The Labute approximate surface area is 162 Å². The Kier molecular flexibility index (Phi) is 6.68. The summed E-state index contributed by atoms with van der Waals surface area (Å²) in [5.74, 6) is 0.391. The number of aryl methyl sites for hydroxylation is 1. The molecule has 0 aliphatic carbocycles. The van der Waals surface area contributed by atoms with E-state index in [0.717, 1.165) is 19.4 Å². The number of nitrogens with one attached hydrogen (secondary N) is 2. The third-order valence-electron chi connectivity index (χ3n) is 4.08. The van der Waals surface area contributed by atoms with E-state index < -0.39 is 0 Å². The van der Waals surface area contributed by atoms with Crippen LogP contribution in [0, 0.1) is 6.92 Å². The molecule has 1 aliphatic heterocycles. The maximum Gasteiger partial charge on any atom is 0.291 e. The number of aromatic nitrogens is 3. The molecule has 1 aromatic carbocycles. The molecule has 2 unspecified atom stereocenters. The molecule has 0 radical (unpaired) electrons. The molecule has 0 saturated carbocycles. The fourth-order valence-corrected chi connectivity index (χ4v) is 3.46. The van der Waals surface area contributed by atoms with E-state index in [1.165, 1.54) is 4.68 Å². The number of carbonyl (C=O) groups excluding carboxylic acids is 1. The highest BCUT2D eigenvalue weighted by atomic mass is 35.5. The molecule has 9 heteroatoms.